The van der Waals surface area contributed by atoms with Crippen LogP contribution in [0.25, 0.3) is 11.0 Å². The summed E-state index contributed by atoms with van der Waals surface area (Å²) in [6, 6.07) is 14.8. The van der Waals surface area contributed by atoms with Crippen LogP contribution in [0.3, 0.4) is 0 Å². The van der Waals surface area contributed by atoms with Gasteiger partial charge in [-0.3, -0.25) is 4.79 Å². The Morgan fingerprint density at radius 3 is 2.66 bits per heavy atom. The number of aliphatic hydroxyl groups excluding tert-OH is 1. The fraction of sp³-hybridized carbons (Fsp3) is 0.130. The lowest BCUT2D eigenvalue weighted by molar-refractivity contribution is 0.0917. The van der Waals surface area contributed by atoms with Crippen molar-refractivity contribution in [3.05, 3.63) is 87.3 Å². The van der Waals surface area contributed by atoms with E-state index in [1.54, 1.807) is 41.9 Å². The normalized spacial score (nSPS) is 12.0. The van der Waals surface area contributed by atoms with Gasteiger partial charge in [0.25, 0.3) is 5.91 Å². The quantitative estimate of drug-likeness (QED) is 0.307. The fourth-order valence-corrected chi connectivity index (χ4v) is 3.78. The molecule has 32 heavy (non-hydrogen) atoms. The molecule has 1 heterocycles. The number of fused-ring (bicyclic) bond motifs is 1. The number of anilines is 2. The molecule has 0 aliphatic carbocycles. The summed E-state index contributed by atoms with van der Waals surface area (Å²) < 4.78 is 32.1. The summed E-state index contributed by atoms with van der Waals surface area (Å²) in [6.07, 6.45) is 0.500. The van der Waals surface area contributed by atoms with Crippen LogP contribution < -0.4 is 10.6 Å². The molecule has 0 aliphatic rings. The zero-order valence-electron chi connectivity index (χ0n) is 16.9. The zero-order chi connectivity index (χ0) is 22.8. The maximum atomic E-state index is 15.4. The second-order valence-corrected chi connectivity index (χ2v) is 8.47. The number of nitrogens with zero attached hydrogens (tertiary/aromatic N) is 2. The molecule has 9 heteroatoms. The standard InChI is InChI=1S/C23H19F2IN4O2/c1-30-12-28-22-18(30)10-15(23(32)27-11-19(31)13-5-3-2-4-6-13)21(20(22)25)29-17-8-7-14(26)9-16(17)24/h2-10,12,19,29,31H,11H2,1H3,(H,27,32). The van der Waals surface area contributed by atoms with Crippen LogP contribution in [0.15, 0.2) is 60.9 Å². The molecule has 0 saturated heterocycles. The zero-order valence-corrected chi connectivity index (χ0v) is 19.1. The van der Waals surface area contributed by atoms with E-state index in [9.17, 15) is 14.3 Å². The highest BCUT2D eigenvalue weighted by Gasteiger charge is 2.23. The van der Waals surface area contributed by atoms with Crippen molar-refractivity contribution >= 4 is 50.9 Å². The number of hydrogen-bond acceptors (Lipinski definition) is 4. The molecule has 4 rings (SSSR count). The fourth-order valence-electron chi connectivity index (χ4n) is 3.33. The molecule has 1 unspecified atom stereocenters. The lowest BCUT2D eigenvalue weighted by atomic mass is 10.1. The summed E-state index contributed by atoms with van der Waals surface area (Å²) in [4.78, 5) is 17.1. The van der Waals surface area contributed by atoms with Crippen LogP contribution in [-0.2, 0) is 7.05 Å². The van der Waals surface area contributed by atoms with Gasteiger partial charge in [-0.2, -0.15) is 0 Å². The first-order chi connectivity index (χ1) is 15.3. The maximum Gasteiger partial charge on any atom is 0.253 e. The monoisotopic (exact) mass is 548 g/mol. The van der Waals surface area contributed by atoms with Crippen LogP contribution >= 0.6 is 22.6 Å². The molecular formula is C23H19F2IN4O2. The average Bonchev–Trinajstić information content (AvgIpc) is 3.16. The first-order valence-corrected chi connectivity index (χ1v) is 10.8. The van der Waals surface area contributed by atoms with Crippen molar-refractivity contribution < 1.29 is 18.7 Å². The second kappa shape index (κ2) is 9.21. The highest BCUT2D eigenvalue weighted by atomic mass is 127. The SMILES string of the molecule is Cn1cnc2c(F)c(Nc3ccc(I)cc3F)c(C(=O)NCC(O)c3ccccc3)cc21. The highest BCUT2D eigenvalue weighted by molar-refractivity contribution is 14.1. The first kappa shape index (κ1) is 22.2. The Hall–Kier alpha value is -3.05. The average molecular weight is 548 g/mol. The van der Waals surface area contributed by atoms with E-state index >= 15 is 4.39 Å². The number of aliphatic hydroxyl groups is 1. The number of aryl methyl sites for hydroxylation is 1. The van der Waals surface area contributed by atoms with Gasteiger partial charge in [-0.1, -0.05) is 30.3 Å². The van der Waals surface area contributed by atoms with Gasteiger partial charge >= 0.3 is 0 Å². The molecule has 164 valence electrons. The Balaban J connectivity index is 1.69. The third-order valence-electron chi connectivity index (χ3n) is 5.04. The van der Waals surface area contributed by atoms with E-state index in [1.165, 1.54) is 24.5 Å². The Bertz CT molecular complexity index is 1290. The summed E-state index contributed by atoms with van der Waals surface area (Å²) >= 11 is 1.97. The van der Waals surface area contributed by atoms with E-state index in [1.807, 2.05) is 28.7 Å². The number of nitrogens with one attached hydrogen (secondary N) is 2. The molecule has 1 amide bonds. The largest absolute Gasteiger partial charge is 0.387 e. The molecule has 0 aliphatic heterocycles. The van der Waals surface area contributed by atoms with Crippen LogP contribution in [0, 0.1) is 15.2 Å². The Labute approximate surface area is 196 Å². The minimum Gasteiger partial charge on any atom is -0.387 e. The Morgan fingerprint density at radius 2 is 1.94 bits per heavy atom. The summed E-state index contributed by atoms with van der Waals surface area (Å²) in [7, 11) is 1.68. The van der Waals surface area contributed by atoms with Gasteiger partial charge in [0.05, 0.1) is 34.9 Å². The molecular weight excluding hydrogens is 529 g/mol. The van der Waals surface area contributed by atoms with E-state index in [-0.39, 0.29) is 29.0 Å². The third-order valence-corrected chi connectivity index (χ3v) is 5.71. The topological polar surface area (TPSA) is 79.2 Å². The number of halogens is 3. The van der Waals surface area contributed by atoms with Gasteiger partial charge < -0.3 is 20.3 Å². The van der Waals surface area contributed by atoms with Crippen molar-refractivity contribution in [2.45, 2.75) is 6.10 Å². The van der Waals surface area contributed by atoms with Gasteiger partial charge in [-0.15, -0.1) is 0 Å². The minimum atomic E-state index is -0.935. The number of aromatic nitrogens is 2. The van der Waals surface area contributed by atoms with Crippen LogP contribution in [0.5, 0.6) is 0 Å². The Kier molecular flexibility index (Phi) is 6.38. The predicted octanol–water partition coefficient (Wildman–Crippen LogP) is 4.66. The van der Waals surface area contributed by atoms with Crippen molar-refractivity contribution in [2.24, 2.45) is 7.05 Å². The summed E-state index contributed by atoms with van der Waals surface area (Å²) in [5.74, 6) is -1.96. The summed E-state index contributed by atoms with van der Waals surface area (Å²) in [5.41, 5.74) is 0.907. The van der Waals surface area contributed by atoms with Crippen LogP contribution in [0.1, 0.15) is 22.0 Å². The molecule has 1 atom stereocenters. The second-order valence-electron chi connectivity index (χ2n) is 7.22. The van der Waals surface area contributed by atoms with Gasteiger partial charge in [0.2, 0.25) is 0 Å². The molecule has 0 saturated carbocycles. The molecule has 4 aromatic rings. The number of benzene rings is 3. The van der Waals surface area contributed by atoms with Crippen molar-refractivity contribution in [2.75, 3.05) is 11.9 Å². The number of amides is 1. The van der Waals surface area contributed by atoms with Crippen LogP contribution in [-0.4, -0.2) is 27.1 Å². The van der Waals surface area contributed by atoms with E-state index in [2.05, 4.69) is 15.6 Å². The Morgan fingerprint density at radius 1 is 1.19 bits per heavy atom. The van der Waals surface area contributed by atoms with Crippen LogP contribution in [0.4, 0.5) is 20.2 Å². The summed E-state index contributed by atoms with van der Waals surface area (Å²) in [5, 5.41) is 15.7. The van der Waals surface area contributed by atoms with Crippen molar-refractivity contribution in [3.8, 4) is 0 Å². The van der Waals surface area contributed by atoms with E-state index in [0.29, 0.717) is 14.7 Å². The van der Waals surface area contributed by atoms with E-state index < -0.39 is 23.6 Å². The summed E-state index contributed by atoms with van der Waals surface area (Å²) in [6.45, 7) is -0.0782. The molecule has 6 nitrogen and oxygen atoms in total. The minimum absolute atomic E-state index is 0.0259. The third kappa shape index (κ3) is 4.44. The first-order valence-electron chi connectivity index (χ1n) is 9.72. The number of hydrogen-bond donors (Lipinski definition) is 3. The molecule has 0 bridgehead atoms. The van der Waals surface area contributed by atoms with E-state index in [0.717, 1.165) is 0 Å². The van der Waals surface area contributed by atoms with Crippen molar-refractivity contribution in [1.29, 1.82) is 0 Å². The number of carbonyl (C=O) groups is 1. The van der Waals surface area contributed by atoms with Crippen molar-refractivity contribution in [3.63, 3.8) is 0 Å². The lowest BCUT2D eigenvalue weighted by Crippen LogP contribution is -2.29. The predicted molar refractivity (Wildman–Crippen MR) is 127 cm³/mol. The molecule has 3 N–H and O–H groups in total. The molecule has 1 aromatic heterocycles. The van der Waals surface area contributed by atoms with Gasteiger partial charge in [0.15, 0.2) is 5.82 Å². The van der Waals surface area contributed by atoms with Gasteiger partial charge in [-0.05, 0) is 52.4 Å². The van der Waals surface area contributed by atoms with Gasteiger partial charge in [-0.25, -0.2) is 13.8 Å². The molecule has 3 aromatic carbocycles. The highest BCUT2D eigenvalue weighted by Crippen LogP contribution is 2.32. The molecule has 0 spiro atoms. The van der Waals surface area contributed by atoms with Gasteiger partial charge in [0, 0.05) is 17.2 Å². The van der Waals surface area contributed by atoms with Gasteiger partial charge in [0.1, 0.15) is 11.3 Å². The number of rotatable bonds is 6. The van der Waals surface area contributed by atoms with E-state index in [4.69, 9.17) is 0 Å². The molecule has 0 fully saturated rings. The smallest absolute Gasteiger partial charge is 0.253 e. The maximum absolute atomic E-state index is 15.4. The lowest BCUT2D eigenvalue weighted by Gasteiger charge is -2.16. The van der Waals surface area contributed by atoms with Crippen molar-refractivity contribution in [1.82, 2.24) is 14.9 Å². The van der Waals surface area contributed by atoms with Crippen LogP contribution in [0.2, 0.25) is 0 Å². The number of imidazole rings is 1. The molecule has 0 radical (unpaired) electrons. The number of carbonyl (C=O) groups excluding carboxylic acids is 1.